The molecule has 0 saturated carbocycles. The van der Waals surface area contributed by atoms with Crippen LogP contribution in [0.3, 0.4) is 0 Å². The summed E-state index contributed by atoms with van der Waals surface area (Å²) in [7, 11) is -3.22. The minimum Gasteiger partial charge on any atom is -0.277 e. The number of sulfone groups is 1. The summed E-state index contributed by atoms with van der Waals surface area (Å²) in [5, 5.41) is 6.91. The van der Waals surface area contributed by atoms with E-state index in [4.69, 9.17) is 5.41 Å². The van der Waals surface area contributed by atoms with Crippen molar-refractivity contribution >= 4 is 31.8 Å². The van der Waals surface area contributed by atoms with Gasteiger partial charge in [-0.05, 0) is 13.8 Å². The monoisotopic (exact) mass is 206 g/mol. The van der Waals surface area contributed by atoms with Crippen molar-refractivity contribution in [3.63, 3.8) is 0 Å². The molecule has 1 aliphatic heterocycles. The Morgan fingerprint density at radius 3 is 2.50 bits per heavy atom. The molecule has 0 unspecified atom stereocenters. The summed E-state index contributed by atoms with van der Waals surface area (Å²) in [5.74, 6) is 0.319. The van der Waals surface area contributed by atoms with Crippen molar-refractivity contribution < 1.29 is 8.42 Å². The topological polar surface area (TPSA) is 70.3 Å². The van der Waals surface area contributed by atoms with Crippen LogP contribution in [0, 0.1) is 5.41 Å². The molecule has 12 heavy (non-hydrogen) atoms. The van der Waals surface area contributed by atoms with Crippen LogP contribution in [0.25, 0.3) is 0 Å². The molecule has 6 heteroatoms. The Kier molecular flexibility index (Phi) is 2.58. The zero-order chi connectivity index (χ0) is 9.35. The summed E-state index contributed by atoms with van der Waals surface area (Å²) in [6.45, 7) is 3.23. The molecule has 1 N–H and O–H groups in total. The van der Waals surface area contributed by atoms with E-state index in [-0.39, 0.29) is 10.2 Å². The predicted molar refractivity (Wildman–Crippen MR) is 51.7 cm³/mol. The number of hydrogen-bond acceptors (Lipinski definition) is 4. The van der Waals surface area contributed by atoms with Crippen LogP contribution in [0.1, 0.15) is 13.8 Å². The Balaban J connectivity index is 2.99. The van der Waals surface area contributed by atoms with Crippen molar-refractivity contribution in [2.24, 2.45) is 4.99 Å². The molecule has 68 valence electrons. The molecule has 0 atom stereocenters. The summed E-state index contributed by atoms with van der Waals surface area (Å²) < 4.78 is 22.9. The van der Waals surface area contributed by atoms with Crippen LogP contribution >= 0.6 is 11.8 Å². The smallest absolute Gasteiger partial charge is 0.194 e. The fourth-order valence-electron chi connectivity index (χ4n) is 0.726. The summed E-state index contributed by atoms with van der Waals surface area (Å²) in [6, 6.07) is 0. The number of hydrogen-bond donors (Lipinski definition) is 1. The minimum absolute atomic E-state index is 0.0919. The molecule has 0 spiro atoms. The number of nitrogens with one attached hydrogen (secondary N) is 1. The fraction of sp³-hybridized carbons (Fsp3) is 0.667. The Hall–Kier alpha value is -0.360. The first-order valence-electron chi connectivity index (χ1n) is 3.47. The first kappa shape index (κ1) is 9.73. The first-order chi connectivity index (χ1) is 5.44. The van der Waals surface area contributed by atoms with Gasteiger partial charge >= 0.3 is 0 Å². The molecule has 0 bridgehead atoms. The molecule has 1 heterocycles. The van der Waals surface area contributed by atoms with Gasteiger partial charge in [-0.3, -0.25) is 5.41 Å². The van der Waals surface area contributed by atoms with Gasteiger partial charge in [-0.15, -0.1) is 0 Å². The standard InChI is InChI=1S/C6H10N2O2S2/c1-4(2)12(9,10)5-3-11-6(7)8-5/h4,7H,3H2,1-2H3. The van der Waals surface area contributed by atoms with E-state index in [2.05, 4.69) is 4.99 Å². The number of aliphatic imine (C=N–C) groups is 1. The third kappa shape index (κ3) is 1.69. The molecule has 0 aromatic carbocycles. The lowest BCUT2D eigenvalue weighted by atomic mass is 10.6. The van der Waals surface area contributed by atoms with E-state index in [1.807, 2.05) is 0 Å². The lowest BCUT2D eigenvalue weighted by Crippen LogP contribution is -2.24. The van der Waals surface area contributed by atoms with Gasteiger partial charge in [0.2, 0.25) is 0 Å². The second kappa shape index (κ2) is 3.18. The Morgan fingerprint density at radius 2 is 2.17 bits per heavy atom. The Bertz CT molecular complexity index is 329. The second-order valence-electron chi connectivity index (χ2n) is 2.69. The molecule has 0 aromatic heterocycles. The number of rotatable bonds is 1. The second-order valence-corrected chi connectivity index (χ2v) is 6.16. The quantitative estimate of drug-likeness (QED) is 0.692. The van der Waals surface area contributed by atoms with Crippen LogP contribution in [0.4, 0.5) is 0 Å². The van der Waals surface area contributed by atoms with Gasteiger partial charge < -0.3 is 0 Å². The van der Waals surface area contributed by atoms with E-state index in [0.717, 1.165) is 11.8 Å². The highest BCUT2D eigenvalue weighted by atomic mass is 32.2. The van der Waals surface area contributed by atoms with Gasteiger partial charge in [0, 0.05) is 0 Å². The fourth-order valence-corrected chi connectivity index (χ4v) is 2.88. The first-order valence-corrected chi connectivity index (χ1v) is 6.00. The normalized spacial score (nSPS) is 18.6. The maximum absolute atomic E-state index is 11.4. The van der Waals surface area contributed by atoms with Crippen molar-refractivity contribution in [3.8, 4) is 0 Å². The van der Waals surface area contributed by atoms with E-state index >= 15 is 0 Å². The van der Waals surface area contributed by atoms with Gasteiger partial charge in [0.05, 0.1) is 11.0 Å². The largest absolute Gasteiger partial charge is 0.277 e. The van der Waals surface area contributed by atoms with Gasteiger partial charge in [0.1, 0.15) is 5.04 Å². The van der Waals surface area contributed by atoms with Crippen LogP contribution in [-0.4, -0.2) is 29.6 Å². The zero-order valence-corrected chi connectivity index (χ0v) is 8.50. The SMILES string of the molecule is CC(C)S(=O)(=O)C1=NC(=N)SC1. The minimum atomic E-state index is -3.22. The lowest BCUT2D eigenvalue weighted by Gasteiger charge is -2.04. The highest BCUT2D eigenvalue weighted by molar-refractivity contribution is 8.18. The molecule has 0 amide bonds. The molecule has 1 rings (SSSR count). The molecular weight excluding hydrogens is 196 g/mol. The van der Waals surface area contributed by atoms with E-state index in [1.165, 1.54) is 0 Å². The van der Waals surface area contributed by atoms with Gasteiger partial charge in [0.15, 0.2) is 15.0 Å². The molecular formula is C6H10N2O2S2. The number of thioether (sulfide) groups is 1. The van der Waals surface area contributed by atoms with Gasteiger partial charge in [0.25, 0.3) is 0 Å². The Labute approximate surface area is 75.9 Å². The van der Waals surface area contributed by atoms with Crippen LogP contribution in [0.2, 0.25) is 0 Å². The molecule has 0 aliphatic carbocycles. The third-order valence-corrected chi connectivity index (χ3v) is 4.61. The molecule has 4 nitrogen and oxygen atoms in total. The van der Waals surface area contributed by atoms with Crippen molar-refractivity contribution in [2.45, 2.75) is 19.1 Å². The van der Waals surface area contributed by atoms with E-state index < -0.39 is 15.1 Å². The zero-order valence-electron chi connectivity index (χ0n) is 6.86. The van der Waals surface area contributed by atoms with Gasteiger partial charge in [-0.1, -0.05) is 11.8 Å². The van der Waals surface area contributed by atoms with Crippen molar-refractivity contribution in [3.05, 3.63) is 0 Å². The summed E-state index contributed by atoms with van der Waals surface area (Å²) in [5.41, 5.74) is 0. The lowest BCUT2D eigenvalue weighted by molar-refractivity contribution is 0.599. The van der Waals surface area contributed by atoms with E-state index in [1.54, 1.807) is 13.8 Å². The van der Waals surface area contributed by atoms with Crippen molar-refractivity contribution in [1.29, 1.82) is 5.41 Å². The maximum Gasteiger partial charge on any atom is 0.194 e. The maximum atomic E-state index is 11.4. The van der Waals surface area contributed by atoms with Crippen LogP contribution < -0.4 is 0 Å². The summed E-state index contributed by atoms with van der Waals surface area (Å²) in [4.78, 5) is 3.66. The Morgan fingerprint density at radius 1 is 1.58 bits per heavy atom. The third-order valence-electron chi connectivity index (χ3n) is 1.51. The molecule has 1 aliphatic rings. The summed E-state index contributed by atoms with van der Waals surface area (Å²) >= 11 is 1.15. The predicted octanol–water partition coefficient (Wildman–Crippen LogP) is 0.890. The van der Waals surface area contributed by atoms with Gasteiger partial charge in [-0.25, -0.2) is 13.4 Å². The highest BCUT2D eigenvalue weighted by Gasteiger charge is 2.27. The van der Waals surface area contributed by atoms with Gasteiger partial charge in [-0.2, -0.15) is 0 Å². The van der Waals surface area contributed by atoms with Crippen LogP contribution in [0.5, 0.6) is 0 Å². The van der Waals surface area contributed by atoms with E-state index in [9.17, 15) is 8.42 Å². The van der Waals surface area contributed by atoms with Crippen molar-refractivity contribution in [2.75, 3.05) is 5.75 Å². The highest BCUT2D eigenvalue weighted by Crippen LogP contribution is 2.18. The van der Waals surface area contributed by atoms with Crippen molar-refractivity contribution in [1.82, 2.24) is 0 Å². The molecule has 0 radical (unpaired) electrons. The molecule has 0 fully saturated rings. The molecule has 0 aromatic rings. The molecule has 0 saturated heterocycles. The van der Waals surface area contributed by atoms with Crippen LogP contribution in [-0.2, 0) is 9.84 Å². The summed E-state index contributed by atoms with van der Waals surface area (Å²) in [6.07, 6.45) is 0. The number of nitrogens with zero attached hydrogens (tertiary/aromatic N) is 1. The van der Waals surface area contributed by atoms with E-state index in [0.29, 0.717) is 5.75 Å². The average molecular weight is 206 g/mol. The average Bonchev–Trinajstić information content (AvgIpc) is 2.35. The van der Waals surface area contributed by atoms with Crippen LogP contribution in [0.15, 0.2) is 4.99 Å². The number of amidine groups is 1.